The van der Waals surface area contributed by atoms with Crippen LogP contribution >= 0.6 is 0 Å². The number of nitrogens with zero attached hydrogens (tertiary/aromatic N) is 2. The van der Waals surface area contributed by atoms with Crippen molar-refractivity contribution < 1.29 is 0 Å². The molecule has 112 valence electrons. The van der Waals surface area contributed by atoms with Crippen LogP contribution in [0.1, 0.15) is 44.9 Å². The molecule has 20 heavy (non-hydrogen) atoms. The van der Waals surface area contributed by atoms with Crippen LogP contribution in [-0.2, 0) is 0 Å². The van der Waals surface area contributed by atoms with E-state index in [0.29, 0.717) is 0 Å². The quantitative estimate of drug-likeness (QED) is 0.730. The molecule has 1 saturated carbocycles. The molecular weight excluding hydrogens is 244 g/mol. The van der Waals surface area contributed by atoms with E-state index in [1.807, 2.05) is 0 Å². The normalized spacial score (nSPS) is 39.7. The first-order valence-electron chi connectivity index (χ1n) is 9.03. The third kappa shape index (κ3) is 2.69. The van der Waals surface area contributed by atoms with Gasteiger partial charge in [-0.15, -0.1) is 0 Å². The van der Waals surface area contributed by atoms with Crippen molar-refractivity contribution >= 4 is 0 Å². The average molecular weight is 274 g/mol. The fourth-order valence-corrected chi connectivity index (χ4v) is 5.19. The van der Waals surface area contributed by atoms with Crippen LogP contribution in [-0.4, -0.2) is 48.6 Å². The molecule has 2 nitrogen and oxygen atoms in total. The highest BCUT2D eigenvalue weighted by molar-refractivity contribution is 5.10. The molecule has 2 heteroatoms. The molecule has 2 saturated heterocycles. The topological polar surface area (TPSA) is 6.48 Å². The van der Waals surface area contributed by atoms with Crippen molar-refractivity contribution in [1.29, 1.82) is 0 Å². The lowest BCUT2D eigenvalue weighted by atomic mass is 9.92. The number of fused-ring (bicyclic) bond motifs is 2. The highest BCUT2D eigenvalue weighted by atomic mass is 15.2. The molecular formula is C18H30N2. The van der Waals surface area contributed by atoms with E-state index in [4.69, 9.17) is 0 Å². The predicted octanol–water partition coefficient (Wildman–Crippen LogP) is 3.15. The van der Waals surface area contributed by atoms with E-state index in [-0.39, 0.29) is 0 Å². The Balaban J connectivity index is 1.24. The van der Waals surface area contributed by atoms with Gasteiger partial charge >= 0.3 is 0 Å². The van der Waals surface area contributed by atoms with E-state index < -0.39 is 0 Å². The van der Waals surface area contributed by atoms with Crippen LogP contribution in [0.15, 0.2) is 12.2 Å². The molecule has 0 aromatic rings. The standard InChI is InChI=1S/C18H30N2/c1-2-8-20(9-3-1)18-6-10-19(11-7-18)14-17-13-15-4-5-16(17)12-15/h4-5,15-18H,1-3,6-14H2/t15-,16+,17+/m0/s1. The number of hydrogen-bond acceptors (Lipinski definition) is 2. The second-order valence-electron chi connectivity index (χ2n) is 7.67. The fourth-order valence-electron chi connectivity index (χ4n) is 5.19. The molecule has 3 atom stereocenters. The van der Waals surface area contributed by atoms with Crippen molar-refractivity contribution in [2.45, 2.75) is 51.0 Å². The number of hydrogen-bond donors (Lipinski definition) is 0. The summed E-state index contributed by atoms with van der Waals surface area (Å²) in [6.45, 7) is 6.86. The van der Waals surface area contributed by atoms with E-state index in [9.17, 15) is 0 Å². The molecule has 0 spiro atoms. The SMILES string of the molecule is C1=C[C@@H]2C[C@H]1C[C@@H]2CN1CCC(N2CCCCC2)CC1. The van der Waals surface area contributed by atoms with Gasteiger partial charge in [0.1, 0.15) is 0 Å². The van der Waals surface area contributed by atoms with Crippen molar-refractivity contribution in [2.75, 3.05) is 32.7 Å². The van der Waals surface area contributed by atoms with Gasteiger partial charge in [0, 0.05) is 12.6 Å². The number of likely N-dealkylation sites (tertiary alicyclic amines) is 2. The molecule has 2 aliphatic heterocycles. The van der Waals surface area contributed by atoms with E-state index >= 15 is 0 Å². The zero-order valence-electron chi connectivity index (χ0n) is 12.8. The maximum Gasteiger partial charge on any atom is 0.0120 e. The lowest BCUT2D eigenvalue weighted by Crippen LogP contribution is -2.47. The molecule has 0 aromatic heterocycles. The summed E-state index contributed by atoms with van der Waals surface area (Å²) in [6, 6.07) is 0.909. The highest BCUT2D eigenvalue weighted by Gasteiger charge is 2.37. The van der Waals surface area contributed by atoms with Crippen LogP contribution in [0.25, 0.3) is 0 Å². The van der Waals surface area contributed by atoms with E-state index in [2.05, 4.69) is 22.0 Å². The second kappa shape index (κ2) is 5.81. The third-order valence-electron chi connectivity index (χ3n) is 6.37. The molecule has 0 aromatic carbocycles. The minimum atomic E-state index is 0.909. The van der Waals surface area contributed by atoms with Gasteiger partial charge in [-0.25, -0.2) is 0 Å². The van der Waals surface area contributed by atoms with Crippen LogP contribution in [0.4, 0.5) is 0 Å². The Hall–Kier alpha value is -0.340. The zero-order chi connectivity index (χ0) is 13.4. The van der Waals surface area contributed by atoms with E-state index in [1.165, 1.54) is 77.7 Å². The van der Waals surface area contributed by atoms with Crippen molar-refractivity contribution in [3.8, 4) is 0 Å². The minimum absolute atomic E-state index is 0.909. The van der Waals surface area contributed by atoms with Crippen LogP contribution in [0.3, 0.4) is 0 Å². The van der Waals surface area contributed by atoms with Crippen molar-refractivity contribution in [3.63, 3.8) is 0 Å². The first kappa shape index (κ1) is 13.3. The van der Waals surface area contributed by atoms with E-state index in [1.54, 1.807) is 0 Å². The summed E-state index contributed by atoms with van der Waals surface area (Å²) in [6.07, 6.45) is 15.1. The Kier molecular flexibility index (Phi) is 3.87. The Morgan fingerprint density at radius 1 is 0.850 bits per heavy atom. The van der Waals surface area contributed by atoms with Crippen LogP contribution in [0.2, 0.25) is 0 Å². The molecule has 0 unspecified atom stereocenters. The van der Waals surface area contributed by atoms with Gasteiger partial charge in [0.05, 0.1) is 0 Å². The monoisotopic (exact) mass is 274 g/mol. The van der Waals surface area contributed by atoms with Gasteiger partial charge in [-0.05, 0) is 82.5 Å². The Morgan fingerprint density at radius 2 is 1.65 bits per heavy atom. The zero-order valence-corrected chi connectivity index (χ0v) is 12.8. The smallest absolute Gasteiger partial charge is 0.0120 e. The van der Waals surface area contributed by atoms with Gasteiger partial charge < -0.3 is 9.80 Å². The summed E-state index contributed by atoms with van der Waals surface area (Å²) in [5.74, 6) is 2.85. The number of piperidine rings is 2. The highest BCUT2D eigenvalue weighted by Crippen LogP contribution is 2.43. The molecule has 0 radical (unpaired) electrons. The molecule has 0 amide bonds. The molecule has 2 bridgehead atoms. The van der Waals surface area contributed by atoms with Crippen molar-refractivity contribution in [2.24, 2.45) is 17.8 Å². The Bertz CT molecular complexity index is 350. The van der Waals surface area contributed by atoms with Crippen molar-refractivity contribution in [1.82, 2.24) is 9.80 Å². The average Bonchev–Trinajstić information content (AvgIpc) is 3.12. The van der Waals surface area contributed by atoms with E-state index in [0.717, 1.165) is 23.8 Å². The maximum absolute atomic E-state index is 2.79. The second-order valence-corrected chi connectivity index (χ2v) is 7.67. The third-order valence-corrected chi connectivity index (χ3v) is 6.37. The lowest BCUT2D eigenvalue weighted by molar-refractivity contribution is 0.0830. The fraction of sp³-hybridized carbons (Fsp3) is 0.889. The summed E-state index contributed by atoms with van der Waals surface area (Å²) in [7, 11) is 0. The first-order valence-corrected chi connectivity index (χ1v) is 9.03. The predicted molar refractivity (Wildman–Crippen MR) is 83.7 cm³/mol. The number of rotatable bonds is 3. The molecule has 0 N–H and O–H groups in total. The largest absolute Gasteiger partial charge is 0.303 e. The summed E-state index contributed by atoms with van der Waals surface area (Å²) >= 11 is 0. The summed E-state index contributed by atoms with van der Waals surface area (Å²) < 4.78 is 0. The van der Waals surface area contributed by atoms with Gasteiger partial charge in [-0.1, -0.05) is 18.6 Å². The van der Waals surface area contributed by atoms with Gasteiger partial charge in [0.2, 0.25) is 0 Å². The Labute approximate surface area is 124 Å². The maximum atomic E-state index is 2.79. The lowest BCUT2D eigenvalue weighted by Gasteiger charge is -2.41. The minimum Gasteiger partial charge on any atom is -0.303 e. The molecule has 4 aliphatic rings. The van der Waals surface area contributed by atoms with Gasteiger partial charge in [-0.3, -0.25) is 0 Å². The van der Waals surface area contributed by atoms with Gasteiger partial charge in [-0.2, -0.15) is 0 Å². The summed E-state index contributed by atoms with van der Waals surface area (Å²) in [5, 5.41) is 0. The van der Waals surface area contributed by atoms with Crippen LogP contribution in [0.5, 0.6) is 0 Å². The van der Waals surface area contributed by atoms with Gasteiger partial charge in [0.25, 0.3) is 0 Å². The van der Waals surface area contributed by atoms with Crippen LogP contribution in [0, 0.1) is 17.8 Å². The molecule has 2 heterocycles. The van der Waals surface area contributed by atoms with Gasteiger partial charge in [0.15, 0.2) is 0 Å². The first-order chi connectivity index (χ1) is 9.88. The number of allylic oxidation sites excluding steroid dienone is 2. The molecule has 4 rings (SSSR count). The summed E-state index contributed by atoms with van der Waals surface area (Å²) in [5.41, 5.74) is 0. The van der Waals surface area contributed by atoms with Crippen LogP contribution < -0.4 is 0 Å². The summed E-state index contributed by atoms with van der Waals surface area (Å²) in [4.78, 5) is 5.57. The van der Waals surface area contributed by atoms with Crippen molar-refractivity contribution in [3.05, 3.63) is 12.2 Å². The Morgan fingerprint density at radius 3 is 2.30 bits per heavy atom. The molecule has 2 aliphatic carbocycles. The molecule has 3 fully saturated rings.